The van der Waals surface area contributed by atoms with Gasteiger partial charge in [0.1, 0.15) is 0 Å². The van der Waals surface area contributed by atoms with Crippen LogP contribution in [0.1, 0.15) is 27.2 Å². The summed E-state index contributed by atoms with van der Waals surface area (Å²) in [4.78, 5) is 0. The van der Waals surface area contributed by atoms with Crippen molar-refractivity contribution in [2.45, 2.75) is 41.6 Å². The van der Waals surface area contributed by atoms with Gasteiger partial charge >= 0.3 is 109 Å². The maximum absolute atomic E-state index is 10.7. The van der Waals surface area contributed by atoms with Gasteiger partial charge in [0.2, 0.25) is 0 Å². The first-order chi connectivity index (χ1) is 6.33. The van der Waals surface area contributed by atoms with Gasteiger partial charge in [0.15, 0.2) is 0 Å². The molecule has 0 aromatic carbocycles. The zero-order valence-corrected chi connectivity index (χ0v) is 12.4. The Bertz CT molecular complexity index is 303. The van der Waals surface area contributed by atoms with Crippen LogP contribution in [0.25, 0.3) is 0 Å². The Morgan fingerprint density at radius 3 is 1.93 bits per heavy atom. The third kappa shape index (κ3) is 7.68. The molecular formula is C8H17NaO5S. The number of hydrogen-bond acceptors (Lipinski definition) is 4. The van der Waals surface area contributed by atoms with E-state index in [2.05, 4.69) is 0 Å². The molecule has 0 heterocycles. The van der Waals surface area contributed by atoms with Gasteiger partial charge in [-0.1, -0.05) is 0 Å². The van der Waals surface area contributed by atoms with Crippen molar-refractivity contribution in [3.8, 4) is 0 Å². The van der Waals surface area contributed by atoms with E-state index in [1.54, 1.807) is 13.8 Å². The van der Waals surface area contributed by atoms with E-state index in [0.29, 0.717) is 34.4 Å². The van der Waals surface area contributed by atoms with Crippen molar-refractivity contribution in [2.24, 2.45) is 0 Å². The van der Waals surface area contributed by atoms with Crippen molar-refractivity contribution in [2.75, 3.05) is 5.75 Å². The number of hydrogen-bond donors (Lipinski definition) is 3. The fraction of sp³-hybridized carbons (Fsp3) is 1.00. The minimum atomic E-state index is -4.19. The molecule has 5 nitrogen and oxygen atoms in total. The second-order valence-corrected chi connectivity index (χ2v) is 7.85. The summed E-state index contributed by atoms with van der Waals surface area (Å²) in [5.41, 5.74) is -2.44. The van der Waals surface area contributed by atoms with Crippen molar-refractivity contribution in [1.29, 1.82) is 0 Å². The van der Waals surface area contributed by atoms with Crippen molar-refractivity contribution >= 4 is 38.0 Å². The van der Waals surface area contributed by atoms with Crippen LogP contribution >= 0.6 is 0 Å². The van der Waals surface area contributed by atoms with E-state index < -0.39 is 27.1 Å². The van der Waals surface area contributed by atoms with Crippen LogP contribution in [0.3, 0.4) is 0 Å². The van der Waals surface area contributed by atoms with E-state index in [-0.39, 0.29) is 3.17 Å². The summed E-state index contributed by atoms with van der Waals surface area (Å²) in [6.45, 7) is 4.56. The molecule has 0 aliphatic rings. The molecule has 0 rings (SSSR count). The fourth-order valence-corrected chi connectivity index (χ4v) is 4.00. The molecule has 0 radical (unpaired) electrons. The third-order valence-corrected chi connectivity index (χ3v) is 4.94. The average molecular weight is 248 g/mol. The summed E-state index contributed by atoms with van der Waals surface area (Å²) in [6, 6.07) is 0. The van der Waals surface area contributed by atoms with Gasteiger partial charge in [-0.3, -0.25) is 0 Å². The second-order valence-electron chi connectivity index (χ2n) is 5.00. The molecule has 0 bridgehead atoms. The topological polar surface area (TPSA) is 94.8 Å². The summed E-state index contributed by atoms with van der Waals surface area (Å²) >= 11 is 0.536. The molecule has 0 fully saturated rings. The van der Waals surface area contributed by atoms with E-state index >= 15 is 0 Å². The van der Waals surface area contributed by atoms with E-state index in [9.17, 15) is 18.6 Å². The van der Waals surface area contributed by atoms with Crippen LogP contribution in [0.15, 0.2) is 0 Å². The van der Waals surface area contributed by atoms with Gasteiger partial charge in [-0.15, -0.1) is 0 Å². The van der Waals surface area contributed by atoms with Gasteiger partial charge in [-0.2, -0.15) is 0 Å². The van der Waals surface area contributed by atoms with Crippen LogP contribution in [0.4, 0.5) is 0 Å². The van der Waals surface area contributed by atoms with E-state index in [1.165, 1.54) is 6.92 Å². The zero-order valence-electron chi connectivity index (χ0n) is 9.56. The van der Waals surface area contributed by atoms with Crippen molar-refractivity contribution in [3.63, 3.8) is 0 Å². The average Bonchev–Trinajstić information content (AvgIpc) is 1.75. The summed E-state index contributed by atoms with van der Waals surface area (Å²) in [5, 5.41) is 19.4. The SMILES string of the molecule is CC(C)(O)C[CH]([Na])C(C)(O)CS(=O)(=O)O. The molecule has 0 saturated carbocycles. The summed E-state index contributed by atoms with van der Waals surface area (Å²) < 4.78 is 29.7. The Hall–Kier alpha value is 0.830. The first-order valence-electron chi connectivity index (χ1n) is 4.73. The van der Waals surface area contributed by atoms with Gasteiger partial charge < -0.3 is 0 Å². The molecule has 15 heavy (non-hydrogen) atoms. The van der Waals surface area contributed by atoms with Crippen molar-refractivity contribution in [1.82, 2.24) is 0 Å². The predicted molar refractivity (Wildman–Crippen MR) is 57.5 cm³/mol. The van der Waals surface area contributed by atoms with Gasteiger partial charge in [-0.25, -0.2) is 0 Å². The van der Waals surface area contributed by atoms with Gasteiger partial charge in [-0.05, 0) is 0 Å². The quantitative estimate of drug-likeness (QED) is 0.460. The third-order valence-electron chi connectivity index (χ3n) is 2.34. The molecule has 2 unspecified atom stereocenters. The zero-order chi connectivity index (χ0) is 12.5. The molecule has 0 spiro atoms. The molecule has 0 aliphatic carbocycles. The molecule has 0 aromatic heterocycles. The molecule has 7 heteroatoms. The molecule has 0 aliphatic heterocycles. The van der Waals surface area contributed by atoms with Gasteiger partial charge in [0.25, 0.3) is 0 Å². The van der Waals surface area contributed by atoms with Crippen LogP contribution in [-0.4, -0.2) is 68.1 Å². The monoisotopic (exact) mass is 248 g/mol. The summed E-state index contributed by atoms with van der Waals surface area (Å²) in [5.74, 6) is -0.690. The van der Waals surface area contributed by atoms with Crippen LogP contribution in [0, 0.1) is 0 Å². The number of aliphatic hydroxyl groups is 2. The van der Waals surface area contributed by atoms with Crippen molar-refractivity contribution < 1.29 is 23.2 Å². The van der Waals surface area contributed by atoms with Crippen LogP contribution in [0.2, 0.25) is 3.17 Å². The molecule has 3 N–H and O–H groups in total. The standard InChI is InChI=1S/C8H17O5S.Na/c1-7(2,9)4-5-8(3,10)6-14(11,12)13;/h5,9-10H,4,6H2,1-3H3,(H,11,12,13);. The van der Waals surface area contributed by atoms with Crippen LogP contribution in [0.5, 0.6) is 0 Å². The molecular weight excluding hydrogens is 231 g/mol. The second kappa shape index (κ2) is 5.00. The van der Waals surface area contributed by atoms with Crippen LogP contribution in [-0.2, 0) is 10.1 Å². The Balaban J connectivity index is 4.60. The molecule has 0 saturated heterocycles. The first kappa shape index (κ1) is 15.8. The van der Waals surface area contributed by atoms with E-state index in [4.69, 9.17) is 4.55 Å². The first-order valence-corrected chi connectivity index (χ1v) is 7.50. The Morgan fingerprint density at radius 2 is 1.67 bits per heavy atom. The Morgan fingerprint density at radius 1 is 1.27 bits per heavy atom. The number of rotatable bonds is 5. The minimum absolute atomic E-state index is 0.306. The predicted octanol–water partition coefficient (Wildman–Crippen LogP) is -0.257. The van der Waals surface area contributed by atoms with Crippen LogP contribution < -0.4 is 0 Å². The molecule has 2 atom stereocenters. The van der Waals surface area contributed by atoms with Crippen molar-refractivity contribution in [3.05, 3.63) is 0 Å². The normalized spacial score (nSPS) is 19.7. The molecule has 0 amide bonds. The summed E-state index contributed by atoms with van der Waals surface area (Å²) in [6.07, 6.45) is 0.307. The maximum atomic E-state index is 10.7. The molecule has 0 aromatic rings. The molecule has 86 valence electrons. The fourth-order valence-electron chi connectivity index (χ4n) is 1.48. The van der Waals surface area contributed by atoms with E-state index in [1.807, 2.05) is 0 Å². The Labute approximate surface area is 108 Å². The Kier molecular flexibility index (Phi) is 5.27. The van der Waals surface area contributed by atoms with Gasteiger partial charge in [0.05, 0.1) is 0 Å². The summed E-state index contributed by atoms with van der Waals surface area (Å²) in [7, 11) is -4.19. The van der Waals surface area contributed by atoms with Gasteiger partial charge in [0, 0.05) is 0 Å². The van der Waals surface area contributed by atoms with E-state index in [0.717, 1.165) is 0 Å².